The van der Waals surface area contributed by atoms with Gasteiger partial charge < -0.3 is 0 Å². The first-order valence-corrected chi connectivity index (χ1v) is 8.74. The molecule has 2 atom stereocenters. The molecular weight excluding hydrogens is 362 g/mol. The molecule has 122 valence electrons. The van der Waals surface area contributed by atoms with Crippen LogP contribution in [-0.2, 0) is 6.42 Å². The Labute approximate surface area is 143 Å². The number of Topliss-reactive ketones (excluding diaryl/α,β-unsaturated/α-hetero) is 1. The predicted octanol–water partition coefficient (Wildman–Crippen LogP) is 5.52. The summed E-state index contributed by atoms with van der Waals surface area (Å²) < 4.78 is 27.7. The summed E-state index contributed by atoms with van der Waals surface area (Å²) in [5.41, 5.74) is 1.74. The Morgan fingerprint density at radius 2 is 1.65 bits per heavy atom. The van der Waals surface area contributed by atoms with E-state index in [-0.39, 0.29) is 5.92 Å². The topological polar surface area (TPSA) is 17.1 Å². The monoisotopic (exact) mass is 380 g/mol. The van der Waals surface area contributed by atoms with Crippen LogP contribution in [0.3, 0.4) is 0 Å². The van der Waals surface area contributed by atoms with Crippen LogP contribution in [0.4, 0.5) is 8.78 Å². The minimum atomic E-state index is -0.809. The van der Waals surface area contributed by atoms with Crippen LogP contribution in [0, 0.1) is 17.6 Å². The average Bonchev–Trinajstić information content (AvgIpc) is 2.55. The molecule has 23 heavy (non-hydrogen) atoms. The Kier molecular flexibility index (Phi) is 6.05. The summed E-state index contributed by atoms with van der Waals surface area (Å²) in [7, 11) is 0. The van der Waals surface area contributed by atoms with E-state index in [0.29, 0.717) is 5.33 Å². The molecule has 0 fully saturated rings. The molecule has 2 aromatic carbocycles. The molecular formula is C19H19BrF2O. The fourth-order valence-corrected chi connectivity index (χ4v) is 3.59. The van der Waals surface area contributed by atoms with E-state index in [0.717, 1.165) is 24.1 Å². The number of carbonyl (C=O) groups is 1. The SMILES string of the molecule is CCc1ccc(C(CBr)C(C)C(=O)c2c(F)cccc2F)cc1. The van der Waals surface area contributed by atoms with Gasteiger partial charge in [-0.15, -0.1) is 0 Å². The minimum Gasteiger partial charge on any atom is -0.294 e. The highest BCUT2D eigenvalue weighted by atomic mass is 79.9. The molecule has 2 aromatic rings. The molecule has 0 aliphatic carbocycles. The van der Waals surface area contributed by atoms with Crippen molar-refractivity contribution in [2.24, 2.45) is 5.92 Å². The lowest BCUT2D eigenvalue weighted by atomic mass is 9.83. The lowest BCUT2D eigenvalue weighted by Gasteiger charge is -2.22. The van der Waals surface area contributed by atoms with E-state index in [1.165, 1.54) is 11.6 Å². The van der Waals surface area contributed by atoms with Gasteiger partial charge in [0.2, 0.25) is 0 Å². The number of rotatable bonds is 6. The maximum atomic E-state index is 13.9. The number of halogens is 3. The van der Waals surface area contributed by atoms with Crippen molar-refractivity contribution in [3.8, 4) is 0 Å². The Hall–Kier alpha value is -1.55. The number of benzene rings is 2. The van der Waals surface area contributed by atoms with Gasteiger partial charge in [0.05, 0.1) is 5.56 Å². The van der Waals surface area contributed by atoms with Gasteiger partial charge in [-0.2, -0.15) is 0 Å². The number of aryl methyl sites for hydroxylation is 1. The molecule has 0 aliphatic rings. The van der Waals surface area contributed by atoms with Crippen molar-refractivity contribution >= 4 is 21.7 Å². The molecule has 1 nitrogen and oxygen atoms in total. The normalized spacial score (nSPS) is 13.6. The lowest BCUT2D eigenvalue weighted by molar-refractivity contribution is 0.0908. The van der Waals surface area contributed by atoms with Gasteiger partial charge >= 0.3 is 0 Å². The van der Waals surface area contributed by atoms with Crippen LogP contribution in [-0.4, -0.2) is 11.1 Å². The van der Waals surface area contributed by atoms with E-state index in [4.69, 9.17) is 0 Å². The van der Waals surface area contributed by atoms with Gasteiger partial charge in [0.25, 0.3) is 0 Å². The highest BCUT2D eigenvalue weighted by Gasteiger charge is 2.29. The van der Waals surface area contributed by atoms with Gasteiger partial charge in [-0.1, -0.05) is 60.1 Å². The summed E-state index contributed by atoms with van der Waals surface area (Å²) in [4.78, 5) is 12.6. The van der Waals surface area contributed by atoms with Crippen LogP contribution in [0.5, 0.6) is 0 Å². The third-order valence-corrected chi connectivity index (χ3v) is 4.91. The fraction of sp³-hybridized carbons (Fsp3) is 0.316. The highest BCUT2D eigenvalue weighted by Crippen LogP contribution is 2.31. The van der Waals surface area contributed by atoms with Crippen molar-refractivity contribution in [3.05, 3.63) is 70.8 Å². The Morgan fingerprint density at radius 1 is 1.09 bits per heavy atom. The third-order valence-electron chi connectivity index (χ3n) is 4.21. The maximum absolute atomic E-state index is 13.9. The molecule has 0 radical (unpaired) electrons. The molecule has 0 aromatic heterocycles. The zero-order valence-electron chi connectivity index (χ0n) is 13.2. The zero-order chi connectivity index (χ0) is 17.0. The van der Waals surface area contributed by atoms with Crippen molar-refractivity contribution in [1.29, 1.82) is 0 Å². The largest absolute Gasteiger partial charge is 0.294 e. The van der Waals surface area contributed by atoms with Gasteiger partial charge in [-0.25, -0.2) is 8.78 Å². The summed E-state index contributed by atoms with van der Waals surface area (Å²) in [6.07, 6.45) is 0.939. The molecule has 0 saturated heterocycles. The van der Waals surface area contributed by atoms with E-state index in [9.17, 15) is 13.6 Å². The average molecular weight is 381 g/mol. The summed E-state index contributed by atoms with van der Waals surface area (Å²) >= 11 is 3.43. The molecule has 0 N–H and O–H groups in total. The second kappa shape index (κ2) is 7.82. The highest BCUT2D eigenvalue weighted by molar-refractivity contribution is 9.09. The third kappa shape index (κ3) is 3.86. The number of ketones is 1. The summed E-state index contributed by atoms with van der Waals surface area (Å²) in [6.45, 7) is 3.79. The minimum absolute atomic E-state index is 0.146. The second-order valence-corrected chi connectivity index (χ2v) is 6.25. The second-order valence-electron chi connectivity index (χ2n) is 5.61. The van der Waals surface area contributed by atoms with E-state index < -0.39 is 28.9 Å². The molecule has 0 saturated carbocycles. The van der Waals surface area contributed by atoms with E-state index >= 15 is 0 Å². The van der Waals surface area contributed by atoms with Gasteiger partial charge in [0, 0.05) is 17.2 Å². The number of hydrogen-bond donors (Lipinski definition) is 0. The molecule has 4 heteroatoms. The summed E-state index contributed by atoms with van der Waals surface area (Å²) in [6, 6.07) is 11.5. The molecule has 0 bridgehead atoms. The predicted molar refractivity (Wildman–Crippen MR) is 92.2 cm³/mol. The van der Waals surface area contributed by atoms with Gasteiger partial charge in [0.1, 0.15) is 11.6 Å². The lowest BCUT2D eigenvalue weighted by Crippen LogP contribution is -2.23. The van der Waals surface area contributed by atoms with E-state index in [1.54, 1.807) is 6.92 Å². The van der Waals surface area contributed by atoms with Crippen LogP contribution >= 0.6 is 15.9 Å². The van der Waals surface area contributed by atoms with Crippen LogP contribution in [0.25, 0.3) is 0 Å². The van der Waals surface area contributed by atoms with Crippen molar-refractivity contribution in [1.82, 2.24) is 0 Å². The van der Waals surface area contributed by atoms with Crippen molar-refractivity contribution < 1.29 is 13.6 Å². The first-order valence-electron chi connectivity index (χ1n) is 7.62. The van der Waals surface area contributed by atoms with Gasteiger partial charge in [0.15, 0.2) is 5.78 Å². The molecule has 0 spiro atoms. The standard InChI is InChI=1S/C19H19BrF2O/c1-3-13-7-9-14(10-8-13)15(11-20)12(2)19(23)18-16(21)5-4-6-17(18)22/h4-10,12,15H,3,11H2,1-2H3. The number of alkyl halides is 1. The Morgan fingerprint density at radius 3 is 2.13 bits per heavy atom. The Balaban J connectivity index is 2.31. The van der Waals surface area contributed by atoms with Crippen molar-refractivity contribution in [2.75, 3.05) is 5.33 Å². The fourth-order valence-electron chi connectivity index (χ4n) is 2.66. The van der Waals surface area contributed by atoms with Crippen molar-refractivity contribution in [3.63, 3.8) is 0 Å². The smallest absolute Gasteiger partial charge is 0.172 e. The van der Waals surface area contributed by atoms with Gasteiger partial charge in [-0.3, -0.25) is 4.79 Å². The van der Waals surface area contributed by atoms with Crippen LogP contribution in [0.2, 0.25) is 0 Å². The Bertz CT molecular complexity index is 662. The number of carbonyl (C=O) groups excluding carboxylic acids is 1. The number of hydrogen-bond acceptors (Lipinski definition) is 1. The summed E-state index contributed by atoms with van der Waals surface area (Å²) in [5.74, 6) is -2.81. The van der Waals surface area contributed by atoms with E-state index in [1.807, 2.05) is 24.3 Å². The van der Waals surface area contributed by atoms with Crippen LogP contribution in [0.1, 0.15) is 41.3 Å². The van der Waals surface area contributed by atoms with Crippen LogP contribution in [0.15, 0.2) is 42.5 Å². The molecule has 0 heterocycles. The summed E-state index contributed by atoms with van der Waals surface area (Å²) in [5, 5.41) is 0.543. The first kappa shape index (κ1) is 17.8. The first-order chi connectivity index (χ1) is 11.0. The van der Waals surface area contributed by atoms with Crippen molar-refractivity contribution in [2.45, 2.75) is 26.2 Å². The molecule has 0 aliphatic heterocycles. The molecule has 2 rings (SSSR count). The maximum Gasteiger partial charge on any atom is 0.172 e. The quantitative estimate of drug-likeness (QED) is 0.475. The molecule has 2 unspecified atom stereocenters. The van der Waals surface area contributed by atoms with E-state index in [2.05, 4.69) is 22.9 Å². The zero-order valence-corrected chi connectivity index (χ0v) is 14.7. The molecule has 0 amide bonds. The van der Waals surface area contributed by atoms with Crippen LogP contribution < -0.4 is 0 Å². The van der Waals surface area contributed by atoms with Gasteiger partial charge in [-0.05, 0) is 29.7 Å².